The Morgan fingerprint density at radius 1 is 1.21 bits per heavy atom. The third-order valence-electron chi connectivity index (χ3n) is 4.25. The topological polar surface area (TPSA) is 67.7 Å². The lowest BCUT2D eigenvalue weighted by molar-refractivity contribution is 0.496. The summed E-state index contributed by atoms with van der Waals surface area (Å²) >= 11 is 0. The molecule has 0 amide bonds. The molecule has 0 saturated carbocycles. The van der Waals surface area contributed by atoms with Crippen molar-refractivity contribution in [1.82, 2.24) is 25.1 Å². The Bertz CT molecular complexity index is 827. The zero-order chi connectivity index (χ0) is 16.4. The minimum absolute atomic E-state index is 0.372. The quantitative estimate of drug-likeness (QED) is 0.770. The summed E-state index contributed by atoms with van der Waals surface area (Å²) in [5.74, 6) is 1.41. The van der Waals surface area contributed by atoms with Crippen LogP contribution in [0.15, 0.2) is 48.8 Å². The molecule has 0 spiro atoms. The van der Waals surface area contributed by atoms with E-state index in [1.165, 1.54) is 11.1 Å². The van der Waals surface area contributed by atoms with Crippen LogP contribution in [0, 0.1) is 6.92 Å². The lowest BCUT2D eigenvalue weighted by atomic mass is 9.96. The molecule has 3 aromatic rings. The van der Waals surface area contributed by atoms with Gasteiger partial charge in [0.1, 0.15) is 0 Å². The molecular formula is C18H20N6. The van der Waals surface area contributed by atoms with E-state index in [4.69, 9.17) is 0 Å². The molecule has 1 aliphatic rings. The fourth-order valence-corrected chi connectivity index (χ4v) is 3.03. The van der Waals surface area contributed by atoms with Crippen LogP contribution in [0.2, 0.25) is 0 Å². The number of benzene rings is 1. The SMILES string of the molecule is Cc1cc(-n2cccn2)nc(NCC2Cc3ccccc3CN2)n1. The van der Waals surface area contributed by atoms with Gasteiger partial charge in [-0.25, -0.2) is 9.67 Å². The van der Waals surface area contributed by atoms with Crippen molar-refractivity contribution in [2.75, 3.05) is 11.9 Å². The number of aryl methyl sites for hydroxylation is 1. The molecule has 1 unspecified atom stereocenters. The smallest absolute Gasteiger partial charge is 0.224 e. The van der Waals surface area contributed by atoms with Crippen LogP contribution >= 0.6 is 0 Å². The number of nitrogens with zero attached hydrogens (tertiary/aromatic N) is 4. The molecule has 0 bridgehead atoms. The van der Waals surface area contributed by atoms with Crippen molar-refractivity contribution in [3.63, 3.8) is 0 Å². The van der Waals surface area contributed by atoms with E-state index in [9.17, 15) is 0 Å². The summed E-state index contributed by atoms with van der Waals surface area (Å²) < 4.78 is 1.75. The van der Waals surface area contributed by atoms with Gasteiger partial charge in [0.25, 0.3) is 0 Å². The third kappa shape index (κ3) is 3.14. The third-order valence-corrected chi connectivity index (χ3v) is 4.25. The van der Waals surface area contributed by atoms with Crippen LogP contribution in [0.3, 0.4) is 0 Å². The van der Waals surface area contributed by atoms with Crippen molar-refractivity contribution in [1.29, 1.82) is 0 Å². The maximum absolute atomic E-state index is 4.56. The predicted octanol–water partition coefficient (Wildman–Crippen LogP) is 2.10. The van der Waals surface area contributed by atoms with E-state index >= 15 is 0 Å². The summed E-state index contributed by atoms with van der Waals surface area (Å²) in [5.41, 5.74) is 3.73. The highest BCUT2D eigenvalue weighted by molar-refractivity contribution is 5.35. The first-order valence-corrected chi connectivity index (χ1v) is 8.18. The Morgan fingerprint density at radius 3 is 2.92 bits per heavy atom. The van der Waals surface area contributed by atoms with Crippen LogP contribution in [0.5, 0.6) is 0 Å². The summed E-state index contributed by atoms with van der Waals surface area (Å²) in [7, 11) is 0. The first-order chi connectivity index (χ1) is 11.8. The summed E-state index contributed by atoms with van der Waals surface area (Å²) in [5, 5.41) is 11.2. The average molecular weight is 320 g/mol. The molecule has 0 saturated heterocycles. The fourth-order valence-electron chi connectivity index (χ4n) is 3.03. The molecule has 0 fully saturated rings. The molecular weight excluding hydrogens is 300 g/mol. The van der Waals surface area contributed by atoms with Gasteiger partial charge in [-0.05, 0) is 30.5 Å². The van der Waals surface area contributed by atoms with Crippen LogP contribution in [-0.4, -0.2) is 32.3 Å². The maximum Gasteiger partial charge on any atom is 0.224 e. The van der Waals surface area contributed by atoms with E-state index in [1.54, 1.807) is 10.9 Å². The lowest BCUT2D eigenvalue weighted by Crippen LogP contribution is -2.40. The van der Waals surface area contributed by atoms with Gasteiger partial charge in [0.15, 0.2) is 5.82 Å². The summed E-state index contributed by atoms with van der Waals surface area (Å²) in [6.07, 6.45) is 4.64. The zero-order valence-electron chi connectivity index (χ0n) is 13.6. The van der Waals surface area contributed by atoms with E-state index in [1.807, 2.05) is 25.3 Å². The minimum atomic E-state index is 0.372. The number of rotatable bonds is 4. The van der Waals surface area contributed by atoms with Crippen molar-refractivity contribution in [2.45, 2.75) is 25.9 Å². The molecule has 0 radical (unpaired) electrons. The number of hydrogen-bond acceptors (Lipinski definition) is 5. The molecule has 2 aromatic heterocycles. The molecule has 0 aliphatic carbocycles. The van der Waals surface area contributed by atoms with Crippen molar-refractivity contribution in [3.8, 4) is 5.82 Å². The predicted molar refractivity (Wildman–Crippen MR) is 93.2 cm³/mol. The van der Waals surface area contributed by atoms with Gasteiger partial charge in [-0.3, -0.25) is 0 Å². The van der Waals surface area contributed by atoms with Crippen molar-refractivity contribution in [2.24, 2.45) is 0 Å². The van der Waals surface area contributed by atoms with Crippen molar-refractivity contribution >= 4 is 5.95 Å². The first kappa shape index (κ1) is 14.8. The van der Waals surface area contributed by atoms with E-state index in [-0.39, 0.29) is 0 Å². The van der Waals surface area contributed by atoms with Gasteiger partial charge in [-0.1, -0.05) is 24.3 Å². The highest BCUT2D eigenvalue weighted by atomic mass is 15.3. The second-order valence-electron chi connectivity index (χ2n) is 6.07. The number of aromatic nitrogens is 4. The van der Waals surface area contributed by atoms with E-state index < -0.39 is 0 Å². The Kier molecular flexibility index (Phi) is 3.96. The Balaban J connectivity index is 1.45. The Morgan fingerprint density at radius 2 is 2.08 bits per heavy atom. The number of nitrogens with one attached hydrogen (secondary N) is 2. The van der Waals surface area contributed by atoms with E-state index in [2.05, 4.69) is 50.0 Å². The normalized spacial score (nSPS) is 16.6. The molecule has 1 aliphatic heterocycles. The van der Waals surface area contributed by atoms with Gasteiger partial charge in [0.2, 0.25) is 5.95 Å². The van der Waals surface area contributed by atoms with Crippen LogP contribution < -0.4 is 10.6 Å². The molecule has 4 rings (SSSR count). The van der Waals surface area contributed by atoms with Crippen molar-refractivity contribution in [3.05, 3.63) is 65.6 Å². The Hall–Kier alpha value is -2.73. The van der Waals surface area contributed by atoms with E-state index in [0.29, 0.717) is 12.0 Å². The maximum atomic E-state index is 4.56. The molecule has 122 valence electrons. The van der Waals surface area contributed by atoms with Crippen LogP contribution in [-0.2, 0) is 13.0 Å². The second kappa shape index (κ2) is 6.41. The molecule has 6 nitrogen and oxygen atoms in total. The molecule has 1 aromatic carbocycles. The van der Waals surface area contributed by atoms with Crippen LogP contribution in [0.25, 0.3) is 5.82 Å². The Labute approximate surface area is 141 Å². The average Bonchev–Trinajstić information content (AvgIpc) is 3.14. The monoisotopic (exact) mass is 320 g/mol. The summed E-state index contributed by atoms with van der Waals surface area (Å²) in [6.45, 7) is 3.67. The molecule has 2 N–H and O–H groups in total. The highest BCUT2D eigenvalue weighted by Crippen LogP contribution is 2.16. The van der Waals surface area contributed by atoms with Gasteiger partial charge in [-0.2, -0.15) is 10.1 Å². The van der Waals surface area contributed by atoms with Crippen molar-refractivity contribution < 1.29 is 0 Å². The minimum Gasteiger partial charge on any atom is -0.353 e. The van der Waals surface area contributed by atoms with Crippen LogP contribution in [0.1, 0.15) is 16.8 Å². The van der Waals surface area contributed by atoms with Gasteiger partial charge in [-0.15, -0.1) is 0 Å². The molecule has 6 heteroatoms. The summed E-state index contributed by atoms with van der Waals surface area (Å²) in [6, 6.07) is 12.8. The molecule has 24 heavy (non-hydrogen) atoms. The van der Waals surface area contributed by atoms with Gasteiger partial charge in [0, 0.05) is 43.3 Å². The highest BCUT2D eigenvalue weighted by Gasteiger charge is 2.17. The molecule has 3 heterocycles. The van der Waals surface area contributed by atoms with Gasteiger partial charge in [0.05, 0.1) is 0 Å². The second-order valence-corrected chi connectivity index (χ2v) is 6.07. The zero-order valence-corrected chi connectivity index (χ0v) is 13.6. The van der Waals surface area contributed by atoms with E-state index in [0.717, 1.165) is 31.0 Å². The lowest BCUT2D eigenvalue weighted by Gasteiger charge is -2.26. The first-order valence-electron chi connectivity index (χ1n) is 8.18. The van der Waals surface area contributed by atoms with Gasteiger partial charge < -0.3 is 10.6 Å². The fraction of sp³-hybridized carbons (Fsp3) is 0.278. The largest absolute Gasteiger partial charge is 0.353 e. The van der Waals surface area contributed by atoms with Crippen LogP contribution in [0.4, 0.5) is 5.95 Å². The number of hydrogen-bond donors (Lipinski definition) is 2. The van der Waals surface area contributed by atoms with Gasteiger partial charge >= 0.3 is 0 Å². The summed E-state index contributed by atoms with van der Waals surface area (Å²) in [4.78, 5) is 9.04. The number of fused-ring (bicyclic) bond motifs is 1. The standard InChI is InChI=1S/C18H20N6/c1-13-9-17(24-8-4-7-21-24)23-18(22-13)20-12-16-10-14-5-2-3-6-15(14)11-19-16/h2-9,16,19H,10-12H2,1H3,(H,20,22,23). The molecule has 1 atom stereocenters. The number of anilines is 1.